The Morgan fingerprint density at radius 1 is 0.484 bits per heavy atom. The first-order valence-electron chi connectivity index (χ1n) is 24.5. The van der Waals surface area contributed by atoms with Crippen LogP contribution in [0.15, 0.2) is 27.0 Å². The molecular weight excluding hydrogens is 825 g/mol. The molecule has 0 radical (unpaired) electrons. The third-order valence-electron chi connectivity index (χ3n) is 11.3. The molecule has 0 fully saturated rings. The van der Waals surface area contributed by atoms with Crippen LogP contribution in [0.5, 0.6) is 0 Å². The number of nitrogens with zero attached hydrogens (tertiary/aromatic N) is 3. The second kappa shape index (κ2) is 37.8. The molecular formula is C47H84N6O11. The molecule has 64 heavy (non-hydrogen) atoms. The summed E-state index contributed by atoms with van der Waals surface area (Å²) < 4.78 is 24.4. The van der Waals surface area contributed by atoms with Crippen molar-refractivity contribution in [2.24, 2.45) is 11.8 Å². The van der Waals surface area contributed by atoms with Crippen molar-refractivity contribution in [3.8, 4) is 0 Å². The van der Waals surface area contributed by atoms with E-state index in [9.17, 15) is 33.6 Å². The molecule has 2 atom stereocenters. The van der Waals surface area contributed by atoms with Crippen molar-refractivity contribution < 1.29 is 38.1 Å². The number of hydrogen-bond acceptors (Lipinski definition) is 11. The maximum absolute atomic E-state index is 13.6. The van der Waals surface area contributed by atoms with Gasteiger partial charge < -0.3 is 34.9 Å². The monoisotopic (exact) mass is 909 g/mol. The summed E-state index contributed by atoms with van der Waals surface area (Å²) in [6.07, 6.45) is 17.6. The Hall–Kier alpha value is -4.57. The highest BCUT2D eigenvalue weighted by Crippen LogP contribution is 2.14. The first-order chi connectivity index (χ1) is 31.0. The minimum absolute atomic E-state index is 0.161. The number of carbonyl (C=O) groups is 4. The standard InChI is InChI=1S/C47H84N6O11/c1-6-11-27-39(8-3)37-63-43(56)49-30-20-14-17-23-33-52-45(58)51(32-22-16-13-19-29-48-42(55)62-36-26-25-35-61-41(54)10-5)46(59)53(47(52)60)34-24-18-15-21-31-50-44(57)64-38-40(9-4)28-12-7-2/h10,39-40H,5-9,11-38H2,1-4H3,(H,48,55)(H,49,56)(H,50,57). The van der Waals surface area contributed by atoms with E-state index in [1.54, 1.807) is 0 Å². The number of esters is 1. The van der Waals surface area contributed by atoms with Crippen molar-refractivity contribution in [2.75, 3.05) is 46.1 Å². The summed E-state index contributed by atoms with van der Waals surface area (Å²) in [6, 6.07) is 0. The van der Waals surface area contributed by atoms with E-state index >= 15 is 0 Å². The zero-order chi connectivity index (χ0) is 47.2. The Labute approximate surface area is 381 Å². The number of rotatable bonds is 39. The summed E-state index contributed by atoms with van der Waals surface area (Å²) in [7, 11) is 0. The van der Waals surface area contributed by atoms with Gasteiger partial charge in [0.05, 0.1) is 26.4 Å². The Morgan fingerprint density at radius 3 is 1.17 bits per heavy atom. The summed E-state index contributed by atoms with van der Waals surface area (Å²) in [4.78, 5) is 88.2. The molecule has 0 saturated heterocycles. The third-order valence-corrected chi connectivity index (χ3v) is 11.3. The van der Waals surface area contributed by atoms with Crippen LogP contribution < -0.4 is 33.0 Å². The summed E-state index contributed by atoms with van der Waals surface area (Å²) >= 11 is 0. The van der Waals surface area contributed by atoms with Gasteiger partial charge in [-0.3, -0.25) is 0 Å². The van der Waals surface area contributed by atoms with E-state index in [1.807, 2.05) is 0 Å². The topological polar surface area (TPSA) is 207 Å². The van der Waals surface area contributed by atoms with Gasteiger partial charge in [0.1, 0.15) is 0 Å². The number of carbonyl (C=O) groups excluding carboxylic acids is 4. The summed E-state index contributed by atoms with van der Waals surface area (Å²) in [5.41, 5.74) is -1.84. The van der Waals surface area contributed by atoms with E-state index in [4.69, 9.17) is 18.9 Å². The lowest BCUT2D eigenvalue weighted by Crippen LogP contribution is -2.54. The van der Waals surface area contributed by atoms with Crippen molar-refractivity contribution in [2.45, 2.75) is 189 Å². The first kappa shape index (κ1) is 57.4. The van der Waals surface area contributed by atoms with Crippen LogP contribution in [0, 0.1) is 11.8 Å². The fourth-order valence-electron chi connectivity index (χ4n) is 7.01. The molecule has 0 saturated carbocycles. The third kappa shape index (κ3) is 26.9. The molecule has 0 bridgehead atoms. The van der Waals surface area contributed by atoms with Gasteiger partial charge >= 0.3 is 41.3 Å². The zero-order valence-electron chi connectivity index (χ0n) is 39.9. The maximum atomic E-state index is 13.6. The number of nitrogens with one attached hydrogen (secondary N) is 3. The van der Waals surface area contributed by atoms with Gasteiger partial charge in [-0.25, -0.2) is 47.3 Å². The number of ether oxygens (including phenoxy) is 4. The molecule has 1 aromatic rings. The molecule has 0 aromatic carbocycles. The minimum Gasteiger partial charge on any atom is -0.463 e. The van der Waals surface area contributed by atoms with Crippen molar-refractivity contribution in [1.82, 2.24) is 29.7 Å². The molecule has 0 aliphatic rings. The van der Waals surface area contributed by atoms with Gasteiger partial charge in [-0.15, -0.1) is 0 Å². The van der Waals surface area contributed by atoms with E-state index in [1.165, 1.54) is 9.13 Å². The number of alkyl carbamates (subject to hydrolysis) is 3. The average molecular weight is 909 g/mol. The molecule has 1 rings (SSSR count). The second-order valence-electron chi connectivity index (χ2n) is 16.6. The molecule has 0 spiro atoms. The fraction of sp³-hybridized carbons (Fsp3) is 0.809. The van der Waals surface area contributed by atoms with E-state index in [0.29, 0.717) is 89.6 Å². The predicted octanol–water partition coefficient (Wildman–Crippen LogP) is 7.97. The lowest BCUT2D eigenvalue weighted by molar-refractivity contribution is -0.137. The first-order valence-corrected chi connectivity index (χ1v) is 24.5. The molecule has 1 heterocycles. The van der Waals surface area contributed by atoms with Gasteiger partial charge in [-0.1, -0.05) is 111 Å². The second-order valence-corrected chi connectivity index (χ2v) is 16.6. The van der Waals surface area contributed by atoms with Crippen LogP contribution >= 0.6 is 0 Å². The van der Waals surface area contributed by atoms with Crippen LogP contribution in [0.25, 0.3) is 0 Å². The molecule has 0 aliphatic carbocycles. The Balaban J connectivity index is 2.69. The van der Waals surface area contributed by atoms with E-state index in [2.05, 4.69) is 50.2 Å². The van der Waals surface area contributed by atoms with Crippen molar-refractivity contribution >= 4 is 24.2 Å². The van der Waals surface area contributed by atoms with Gasteiger partial charge in [-0.2, -0.15) is 0 Å². The Kier molecular flexibility index (Phi) is 33.9. The van der Waals surface area contributed by atoms with Gasteiger partial charge in [0.25, 0.3) is 0 Å². The SMILES string of the molecule is C=CC(=O)OCCCCOC(=O)NCCCCCCn1c(=O)n(CCCCCCNC(=O)OCC(CC)CCCC)c(=O)n(CCCCCCNC(=O)OCC(CC)CCCC)c1=O. The van der Waals surface area contributed by atoms with Crippen molar-refractivity contribution in [3.63, 3.8) is 0 Å². The van der Waals surface area contributed by atoms with Crippen LogP contribution in [-0.4, -0.2) is 84.0 Å². The molecule has 0 aliphatic heterocycles. The molecule has 3 amide bonds. The summed E-state index contributed by atoms with van der Waals surface area (Å²) in [5, 5.41) is 8.33. The molecule has 3 N–H and O–H groups in total. The Bertz CT molecular complexity index is 1540. The predicted molar refractivity (Wildman–Crippen MR) is 250 cm³/mol. The zero-order valence-corrected chi connectivity index (χ0v) is 39.9. The van der Waals surface area contributed by atoms with Gasteiger partial charge in [0.15, 0.2) is 0 Å². The average Bonchev–Trinajstić information content (AvgIpc) is 3.29. The lowest BCUT2D eigenvalue weighted by Gasteiger charge is -2.15. The van der Waals surface area contributed by atoms with E-state index in [-0.39, 0.29) is 32.8 Å². The number of aromatic nitrogens is 3. The highest BCUT2D eigenvalue weighted by molar-refractivity contribution is 5.81. The van der Waals surface area contributed by atoms with Crippen LogP contribution in [0.3, 0.4) is 0 Å². The Morgan fingerprint density at radius 2 is 0.828 bits per heavy atom. The van der Waals surface area contributed by atoms with Crippen molar-refractivity contribution in [3.05, 3.63) is 44.1 Å². The van der Waals surface area contributed by atoms with E-state index in [0.717, 1.165) is 107 Å². The summed E-state index contributed by atoms with van der Waals surface area (Å²) in [6.45, 7) is 15.0. The largest absolute Gasteiger partial charge is 0.463 e. The van der Waals surface area contributed by atoms with Crippen LogP contribution in [0.2, 0.25) is 0 Å². The number of hydrogen-bond donors (Lipinski definition) is 3. The van der Waals surface area contributed by atoms with Gasteiger partial charge in [-0.05, 0) is 76.0 Å². The molecule has 368 valence electrons. The number of unbranched alkanes of at least 4 members (excludes halogenated alkanes) is 12. The van der Waals surface area contributed by atoms with Gasteiger partial charge in [0.2, 0.25) is 0 Å². The maximum Gasteiger partial charge on any atom is 0.407 e. The smallest absolute Gasteiger partial charge is 0.407 e. The van der Waals surface area contributed by atoms with Crippen LogP contribution in [-0.2, 0) is 43.4 Å². The lowest BCUT2D eigenvalue weighted by atomic mass is 10.0. The minimum atomic E-state index is -0.614. The van der Waals surface area contributed by atoms with Crippen LogP contribution in [0.4, 0.5) is 14.4 Å². The highest BCUT2D eigenvalue weighted by Gasteiger charge is 2.16. The highest BCUT2D eigenvalue weighted by atomic mass is 16.6. The molecule has 17 heteroatoms. The molecule has 1 aromatic heterocycles. The number of amides is 3. The van der Waals surface area contributed by atoms with Crippen molar-refractivity contribution in [1.29, 1.82) is 0 Å². The molecule has 17 nitrogen and oxygen atoms in total. The van der Waals surface area contributed by atoms with Crippen LogP contribution in [0.1, 0.15) is 169 Å². The summed E-state index contributed by atoms with van der Waals surface area (Å²) in [5.74, 6) is 0.255. The fourth-order valence-corrected chi connectivity index (χ4v) is 7.01. The van der Waals surface area contributed by atoms with E-state index < -0.39 is 41.3 Å². The normalized spacial score (nSPS) is 11.9. The quantitative estimate of drug-likeness (QED) is 0.0250. The van der Waals surface area contributed by atoms with Gasteiger partial charge in [0, 0.05) is 45.3 Å². The molecule has 2 unspecified atom stereocenters.